The second kappa shape index (κ2) is 8.52. The highest BCUT2D eigenvalue weighted by atomic mass is 35.5. The van der Waals surface area contributed by atoms with Crippen LogP contribution in [0.25, 0.3) is 6.08 Å². The first kappa shape index (κ1) is 19.2. The Bertz CT molecular complexity index is 1120. The third kappa shape index (κ3) is 4.50. The molecule has 1 aliphatic heterocycles. The Morgan fingerprint density at radius 3 is 2.45 bits per heavy atom. The van der Waals surface area contributed by atoms with Gasteiger partial charge in [0.05, 0.1) is 0 Å². The fraction of sp³-hybridized carbons (Fsp3) is 0.0435. The molecular weight excluding hydrogens is 409 g/mol. The van der Waals surface area contributed by atoms with E-state index in [-0.39, 0.29) is 11.6 Å². The van der Waals surface area contributed by atoms with E-state index in [0.717, 1.165) is 5.56 Å². The summed E-state index contributed by atoms with van der Waals surface area (Å²) >= 11 is 12.1. The Hall–Kier alpha value is -3.08. The molecule has 0 amide bonds. The second-order valence-electron chi connectivity index (χ2n) is 6.26. The standard InChI is InChI=1S/C23H15Cl2NO3/c24-18-11-9-15(10-12-18)22-26-20(23(27)29-22)13-16-5-2-4-8-21(16)28-14-17-6-1-3-7-19(17)25/h1-13H,14H2/b20-13-. The summed E-state index contributed by atoms with van der Waals surface area (Å²) in [7, 11) is 0. The number of rotatable bonds is 5. The molecule has 3 aromatic rings. The van der Waals surface area contributed by atoms with Crippen molar-refractivity contribution in [1.82, 2.24) is 0 Å². The number of halogens is 2. The van der Waals surface area contributed by atoms with E-state index in [1.165, 1.54) is 0 Å². The minimum atomic E-state index is -0.518. The lowest BCUT2D eigenvalue weighted by molar-refractivity contribution is -0.129. The average molecular weight is 424 g/mol. The zero-order valence-corrected chi connectivity index (χ0v) is 16.7. The van der Waals surface area contributed by atoms with E-state index in [1.54, 1.807) is 30.3 Å². The van der Waals surface area contributed by atoms with Crippen LogP contribution in [0.15, 0.2) is 83.5 Å². The molecule has 6 heteroatoms. The molecule has 3 aromatic carbocycles. The van der Waals surface area contributed by atoms with Crippen LogP contribution < -0.4 is 4.74 Å². The molecule has 1 aliphatic rings. The zero-order valence-electron chi connectivity index (χ0n) is 15.1. The van der Waals surface area contributed by atoms with E-state index in [9.17, 15) is 4.79 Å². The van der Waals surface area contributed by atoms with Crippen LogP contribution in [0.4, 0.5) is 0 Å². The molecule has 0 saturated heterocycles. The van der Waals surface area contributed by atoms with E-state index in [2.05, 4.69) is 4.99 Å². The van der Waals surface area contributed by atoms with Crippen LogP contribution >= 0.6 is 23.2 Å². The molecule has 0 unspecified atom stereocenters. The minimum Gasteiger partial charge on any atom is -0.488 e. The highest BCUT2D eigenvalue weighted by Gasteiger charge is 2.24. The molecule has 144 valence electrons. The van der Waals surface area contributed by atoms with Crippen molar-refractivity contribution in [2.45, 2.75) is 6.61 Å². The van der Waals surface area contributed by atoms with E-state index in [1.807, 2.05) is 48.5 Å². The number of benzene rings is 3. The molecule has 0 atom stereocenters. The first-order valence-corrected chi connectivity index (χ1v) is 9.59. The molecule has 0 radical (unpaired) electrons. The van der Waals surface area contributed by atoms with E-state index in [4.69, 9.17) is 32.7 Å². The normalized spacial score (nSPS) is 14.6. The summed E-state index contributed by atoms with van der Waals surface area (Å²) < 4.78 is 11.2. The van der Waals surface area contributed by atoms with Crippen molar-refractivity contribution in [2.24, 2.45) is 4.99 Å². The molecular formula is C23H15Cl2NO3. The largest absolute Gasteiger partial charge is 0.488 e. The summed E-state index contributed by atoms with van der Waals surface area (Å²) in [6.07, 6.45) is 1.65. The first-order chi connectivity index (χ1) is 14.1. The van der Waals surface area contributed by atoms with Crippen molar-refractivity contribution in [1.29, 1.82) is 0 Å². The number of aliphatic imine (C=N–C) groups is 1. The Morgan fingerprint density at radius 1 is 0.931 bits per heavy atom. The molecule has 4 nitrogen and oxygen atoms in total. The van der Waals surface area contributed by atoms with Gasteiger partial charge in [-0.2, -0.15) is 0 Å². The summed E-state index contributed by atoms with van der Waals surface area (Å²) in [6, 6.07) is 21.8. The van der Waals surface area contributed by atoms with Crippen molar-refractivity contribution in [3.05, 3.63) is 105 Å². The summed E-state index contributed by atoms with van der Waals surface area (Å²) in [6.45, 7) is 0.309. The highest BCUT2D eigenvalue weighted by molar-refractivity contribution is 6.31. The van der Waals surface area contributed by atoms with Gasteiger partial charge in [0, 0.05) is 26.7 Å². The van der Waals surface area contributed by atoms with Crippen LogP contribution in [-0.2, 0) is 16.1 Å². The maximum absolute atomic E-state index is 12.3. The first-order valence-electron chi connectivity index (χ1n) is 8.84. The van der Waals surface area contributed by atoms with Gasteiger partial charge in [-0.05, 0) is 42.5 Å². The summed E-state index contributed by atoms with van der Waals surface area (Å²) in [5, 5.41) is 1.24. The Balaban J connectivity index is 1.58. The van der Waals surface area contributed by atoms with Crippen LogP contribution in [0.3, 0.4) is 0 Å². The van der Waals surface area contributed by atoms with Gasteiger partial charge in [0.1, 0.15) is 12.4 Å². The molecule has 0 aliphatic carbocycles. The van der Waals surface area contributed by atoms with Gasteiger partial charge in [-0.15, -0.1) is 0 Å². The van der Waals surface area contributed by atoms with Crippen molar-refractivity contribution in [3.8, 4) is 5.75 Å². The zero-order chi connectivity index (χ0) is 20.2. The number of nitrogens with zero attached hydrogens (tertiary/aromatic N) is 1. The number of ether oxygens (including phenoxy) is 2. The molecule has 0 saturated carbocycles. The fourth-order valence-corrected chi connectivity index (χ4v) is 3.09. The molecule has 0 fully saturated rings. The van der Waals surface area contributed by atoms with Gasteiger partial charge >= 0.3 is 5.97 Å². The number of esters is 1. The van der Waals surface area contributed by atoms with Gasteiger partial charge < -0.3 is 9.47 Å². The van der Waals surface area contributed by atoms with Gasteiger partial charge in [0.25, 0.3) is 0 Å². The molecule has 0 aromatic heterocycles. The predicted octanol–water partition coefficient (Wildman–Crippen LogP) is 5.92. The lowest BCUT2D eigenvalue weighted by atomic mass is 10.1. The maximum Gasteiger partial charge on any atom is 0.363 e. The number of hydrogen-bond acceptors (Lipinski definition) is 4. The Labute approximate surface area is 178 Å². The second-order valence-corrected chi connectivity index (χ2v) is 7.10. The minimum absolute atomic E-state index is 0.198. The van der Waals surface area contributed by atoms with Gasteiger partial charge in [0.15, 0.2) is 5.70 Å². The van der Waals surface area contributed by atoms with Crippen LogP contribution in [0.1, 0.15) is 16.7 Å². The van der Waals surface area contributed by atoms with E-state index in [0.29, 0.717) is 33.5 Å². The van der Waals surface area contributed by atoms with Gasteiger partial charge in [-0.3, -0.25) is 0 Å². The SMILES string of the molecule is O=C1OC(c2ccc(Cl)cc2)=N/C1=C\c1ccccc1OCc1ccccc1Cl. The third-order valence-corrected chi connectivity index (χ3v) is 4.88. The topological polar surface area (TPSA) is 47.9 Å². The lowest BCUT2D eigenvalue weighted by Crippen LogP contribution is -2.05. The van der Waals surface area contributed by atoms with Gasteiger partial charge in [0.2, 0.25) is 5.90 Å². The molecule has 1 heterocycles. The summed E-state index contributed by atoms with van der Waals surface area (Å²) in [5.74, 6) is 0.339. The Kier molecular flexibility index (Phi) is 5.65. The highest BCUT2D eigenvalue weighted by Crippen LogP contribution is 2.26. The van der Waals surface area contributed by atoms with Crippen molar-refractivity contribution < 1.29 is 14.3 Å². The molecule has 0 bridgehead atoms. The number of para-hydroxylation sites is 1. The molecule has 29 heavy (non-hydrogen) atoms. The predicted molar refractivity (Wildman–Crippen MR) is 114 cm³/mol. The quantitative estimate of drug-likeness (QED) is 0.378. The smallest absolute Gasteiger partial charge is 0.363 e. The van der Waals surface area contributed by atoms with E-state index >= 15 is 0 Å². The van der Waals surface area contributed by atoms with Gasteiger partial charge in [-0.1, -0.05) is 59.6 Å². The summed E-state index contributed by atoms with van der Waals surface area (Å²) in [5.41, 5.74) is 2.46. The average Bonchev–Trinajstić information content (AvgIpc) is 3.09. The lowest BCUT2D eigenvalue weighted by Gasteiger charge is -2.10. The van der Waals surface area contributed by atoms with Crippen LogP contribution in [0.5, 0.6) is 5.75 Å². The Morgan fingerprint density at radius 2 is 1.66 bits per heavy atom. The monoisotopic (exact) mass is 423 g/mol. The molecule has 0 N–H and O–H groups in total. The van der Waals surface area contributed by atoms with Crippen molar-refractivity contribution >= 4 is 41.1 Å². The van der Waals surface area contributed by atoms with Crippen LogP contribution in [0, 0.1) is 0 Å². The summed E-state index contributed by atoms with van der Waals surface area (Å²) in [4.78, 5) is 16.6. The van der Waals surface area contributed by atoms with Crippen LogP contribution in [0.2, 0.25) is 10.0 Å². The number of carbonyl (C=O) groups excluding carboxylic acids is 1. The number of carbonyl (C=O) groups is 1. The van der Waals surface area contributed by atoms with E-state index < -0.39 is 5.97 Å². The molecule has 4 rings (SSSR count). The number of hydrogen-bond donors (Lipinski definition) is 0. The van der Waals surface area contributed by atoms with Crippen molar-refractivity contribution in [3.63, 3.8) is 0 Å². The van der Waals surface area contributed by atoms with Crippen LogP contribution in [-0.4, -0.2) is 11.9 Å². The third-order valence-electron chi connectivity index (χ3n) is 4.26. The van der Waals surface area contributed by atoms with Gasteiger partial charge in [-0.25, -0.2) is 9.79 Å². The fourth-order valence-electron chi connectivity index (χ4n) is 2.77. The molecule has 0 spiro atoms. The number of cyclic esters (lactones) is 1. The van der Waals surface area contributed by atoms with Crippen molar-refractivity contribution in [2.75, 3.05) is 0 Å². The maximum atomic E-state index is 12.3.